The zero-order valence-corrected chi connectivity index (χ0v) is 11.4. The Balaban J connectivity index is 2.48. The molecule has 0 heterocycles. The Bertz CT molecular complexity index is 573. The Hall–Kier alpha value is -1.41. The van der Waals surface area contributed by atoms with Gasteiger partial charge in [0.2, 0.25) is 0 Å². The highest BCUT2D eigenvalue weighted by atomic mass is 79.9. The molecule has 0 saturated carbocycles. The first-order valence-electron chi connectivity index (χ1n) is 5.46. The van der Waals surface area contributed by atoms with Gasteiger partial charge in [0.05, 0.1) is 0 Å². The summed E-state index contributed by atoms with van der Waals surface area (Å²) in [6.07, 6.45) is 0. The standard InChI is InChI=1S/C15H13BrO/c1-10-7-8-13(14(16)9-10)15(17)12-6-4-3-5-11(12)2/h3-9H,1-2H3. The van der Waals surface area contributed by atoms with E-state index in [0.29, 0.717) is 5.56 Å². The van der Waals surface area contributed by atoms with Crippen LogP contribution in [0.4, 0.5) is 0 Å². The molecular formula is C15H13BrO. The number of hydrogen-bond donors (Lipinski definition) is 0. The van der Waals surface area contributed by atoms with Gasteiger partial charge in [-0.3, -0.25) is 4.79 Å². The van der Waals surface area contributed by atoms with E-state index in [4.69, 9.17) is 0 Å². The number of carbonyl (C=O) groups excluding carboxylic acids is 1. The molecule has 0 spiro atoms. The molecule has 0 aromatic heterocycles. The summed E-state index contributed by atoms with van der Waals surface area (Å²) in [5, 5.41) is 0. The van der Waals surface area contributed by atoms with E-state index in [9.17, 15) is 4.79 Å². The number of carbonyl (C=O) groups is 1. The van der Waals surface area contributed by atoms with Gasteiger partial charge in [-0.25, -0.2) is 0 Å². The van der Waals surface area contributed by atoms with Crippen LogP contribution in [0.1, 0.15) is 27.0 Å². The minimum Gasteiger partial charge on any atom is -0.289 e. The normalized spacial score (nSPS) is 10.3. The van der Waals surface area contributed by atoms with E-state index in [0.717, 1.165) is 21.2 Å². The first-order valence-corrected chi connectivity index (χ1v) is 6.25. The van der Waals surface area contributed by atoms with Gasteiger partial charge < -0.3 is 0 Å². The van der Waals surface area contributed by atoms with Crippen LogP contribution in [-0.2, 0) is 0 Å². The molecular weight excluding hydrogens is 276 g/mol. The van der Waals surface area contributed by atoms with Crippen LogP contribution in [0.3, 0.4) is 0 Å². The molecule has 0 unspecified atom stereocenters. The van der Waals surface area contributed by atoms with Crippen molar-refractivity contribution in [1.82, 2.24) is 0 Å². The lowest BCUT2D eigenvalue weighted by atomic mass is 9.98. The molecule has 86 valence electrons. The van der Waals surface area contributed by atoms with E-state index < -0.39 is 0 Å². The largest absolute Gasteiger partial charge is 0.289 e. The molecule has 0 aliphatic heterocycles. The summed E-state index contributed by atoms with van der Waals surface area (Å²) >= 11 is 3.45. The number of halogens is 1. The average Bonchev–Trinajstić information content (AvgIpc) is 2.29. The maximum Gasteiger partial charge on any atom is 0.194 e. The zero-order valence-electron chi connectivity index (χ0n) is 9.83. The van der Waals surface area contributed by atoms with Crippen molar-refractivity contribution >= 4 is 21.7 Å². The summed E-state index contributed by atoms with van der Waals surface area (Å²) < 4.78 is 0.853. The van der Waals surface area contributed by atoms with E-state index >= 15 is 0 Å². The van der Waals surface area contributed by atoms with Gasteiger partial charge in [-0.2, -0.15) is 0 Å². The van der Waals surface area contributed by atoms with Crippen molar-refractivity contribution in [2.45, 2.75) is 13.8 Å². The van der Waals surface area contributed by atoms with Crippen LogP contribution < -0.4 is 0 Å². The fourth-order valence-corrected chi connectivity index (χ4v) is 2.45. The molecule has 0 aliphatic rings. The minimum absolute atomic E-state index is 0.0648. The molecule has 1 nitrogen and oxygen atoms in total. The van der Waals surface area contributed by atoms with Crippen molar-refractivity contribution in [1.29, 1.82) is 0 Å². The van der Waals surface area contributed by atoms with Crippen LogP contribution in [0, 0.1) is 13.8 Å². The summed E-state index contributed by atoms with van der Waals surface area (Å²) in [7, 11) is 0. The van der Waals surface area contributed by atoms with Gasteiger partial charge in [0.15, 0.2) is 5.78 Å². The van der Waals surface area contributed by atoms with E-state index in [1.807, 2.05) is 56.3 Å². The fraction of sp³-hybridized carbons (Fsp3) is 0.133. The van der Waals surface area contributed by atoms with Gasteiger partial charge in [0.1, 0.15) is 0 Å². The third-order valence-corrected chi connectivity index (χ3v) is 3.41. The smallest absolute Gasteiger partial charge is 0.194 e. The monoisotopic (exact) mass is 288 g/mol. The Morgan fingerprint density at radius 1 is 1.00 bits per heavy atom. The maximum atomic E-state index is 12.4. The number of rotatable bonds is 2. The Kier molecular flexibility index (Phi) is 3.43. The highest BCUT2D eigenvalue weighted by molar-refractivity contribution is 9.10. The quantitative estimate of drug-likeness (QED) is 0.753. The second-order valence-corrected chi connectivity index (χ2v) is 4.98. The lowest BCUT2D eigenvalue weighted by Gasteiger charge is -2.07. The topological polar surface area (TPSA) is 17.1 Å². The van der Waals surface area contributed by atoms with Crippen molar-refractivity contribution < 1.29 is 4.79 Å². The molecule has 0 N–H and O–H groups in total. The summed E-state index contributed by atoms with van der Waals surface area (Å²) in [5.74, 6) is 0.0648. The van der Waals surface area contributed by atoms with Gasteiger partial charge in [0, 0.05) is 15.6 Å². The Morgan fingerprint density at radius 2 is 1.71 bits per heavy atom. The van der Waals surface area contributed by atoms with Gasteiger partial charge in [0.25, 0.3) is 0 Å². The summed E-state index contributed by atoms with van der Waals surface area (Å²) in [4.78, 5) is 12.4. The number of ketones is 1. The SMILES string of the molecule is Cc1ccc(C(=O)c2ccccc2C)c(Br)c1. The number of hydrogen-bond acceptors (Lipinski definition) is 1. The molecule has 0 fully saturated rings. The molecule has 0 amide bonds. The van der Waals surface area contributed by atoms with E-state index in [2.05, 4.69) is 15.9 Å². The van der Waals surface area contributed by atoms with Crippen LogP contribution in [0.15, 0.2) is 46.9 Å². The molecule has 0 aliphatic carbocycles. The van der Waals surface area contributed by atoms with Crippen LogP contribution in [-0.4, -0.2) is 5.78 Å². The Morgan fingerprint density at radius 3 is 2.35 bits per heavy atom. The van der Waals surface area contributed by atoms with Crippen LogP contribution >= 0.6 is 15.9 Å². The molecule has 2 aromatic carbocycles. The zero-order chi connectivity index (χ0) is 12.4. The van der Waals surface area contributed by atoms with Crippen LogP contribution in [0.25, 0.3) is 0 Å². The third-order valence-electron chi connectivity index (χ3n) is 2.76. The molecule has 2 rings (SSSR count). The second kappa shape index (κ2) is 4.84. The first kappa shape index (κ1) is 12.1. The highest BCUT2D eigenvalue weighted by Crippen LogP contribution is 2.22. The molecule has 0 saturated heterocycles. The van der Waals surface area contributed by atoms with Crippen molar-refractivity contribution in [2.24, 2.45) is 0 Å². The summed E-state index contributed by atoms with van der Waals surface area (Å²) in [6, 6.07) is 13.4. The van der Waals surface area contributed by atoms with Crippen molar-refractivity contribution in [3.8, 4) is 0 Å². The van der Waals surface area contributed by atoms with Crippen LogP contribution in [0.5, 0.6) is 0 Å². The van der Waals surface area contributed by atoms with Crippen molar-refractivity contribution in [2.75, 3.05) is 0 Å². The van der Waals surface area contributed by atoms with E-state index in [1.165, 1.54) is 0 Å². The molecule has 2 aromatic rings. The lowest BCUT2D eigenvalue weighted by Crippen LogP contribution is -2.04. The highest BCUT2D eigenvalue weighted by Gasteiger charge is 2.13. The van der Waals surface area contributed by atoms with Crippen molar-refractivity contribution in [3.63, 3.8) is 0 Å². The Labute approximate surface area is 110 Å². The molecule has 17 heavy (non-hydrogen) atoms. The molecule has 2 heteroatoms. The predicted molar refractivity (Wildman–Crippen MR) is 73.5 cm³/mol. The van der Waals surface area contributed by atoms with Crippen LogP contribution in [0.2, 0.25) is 0 Å². The summed E-state index contributed by atoms with van der Waals surface area (Å²) in [5.41, 5.74) is 3.62. The molecule has 0 bridgehead atoms. The fourth-order valence-electron chi connectivity index (χ4n) is 1.78. The molecule has 0 radical (unpaired) electrons. The van der Waals surface area contributed by atoms with Gasteiger partial charge >= 0.3 is 0 Å². The number of benzene rings is 2. The predicted octanol–water partition coefficient (Wildman–Crippen LogP) is 4.30. The summed E-state index contributed by atoms with van der Waals surface area (Å²) in [6.45, 7) is 3.96. The van der Waals surface area contributed by atoms with E-state index in [-0.39, 0.29) is 5.78 Å². The number of aryl methyl sites for hydroxylation is 2. The van der Waals surface area contributed by atoms with E-state index in [1.54, 1.807) is 0 Å². The van der Waals surface area contributed by atoms with Gasteiger partial charge in [-0.15, -0.1) is 0 Å². The maximum absolute atomic E-state index is 12.4. The first-order chi connectivity index (χ1) is 8.09. The average molecular weight is 289 g/mol. The van der Waals surface area contributed by atoms with Gasteiger partial charge in [-0.05, 0) is 37.1 Å². The van der Waals surface area contributed by atoms with Gasteiger partial charge in [-0.1, -0.05) is 46.3 Å². The third kappa shape index (κ3) is 2.47. The second-order valence-electron chi connectivity index (χ2n) is 4.13. The van der Waals surface area contributed by atoms with Crippen molar-refractivity contribution in [3.05, 3.63) is 69.2 Å². The molecule has 0 atom stereocenters. The lowest BCUT2D eigenvalue weighted by molar-refractivity contribution is 0.103. The minimum atomic E-state index is 0.0648.